The van der Waals surface area contributed by atoms with Crippen LogP contribution in [0.5, 0.6) is 0 Å². The Kier molecular flexibility index (Phi) is 6.21. The molecule has 1 aromatic rings. The van der Waals surface area contributed by atoms with Gasteiger partial charge in [0.1, 0.15) is 0 Å². The predicted molar refractivity (Wildman–Crippen MR) is 84.7 cm³/mol. The molecule has 0 aliphatic rings. The van der Waals surface area contributed by atoms with E-state index < -0.39 is 0 Å². The Morgan fingerprint density at radius 2 is 2.00 bits per heavy atom. The van der Waals surface area contributed by atoms with E-state index in [2.05, 4.69) is 44.3 Å². The molecule has 1 amide bonds. The topological polar surface area (TPSA) is 55.1 Å². The van der Waals surface area contributed by atoms with Crippen LogP contribution < -0.4 is 11.1 Å². The van der Waals surface area contributed by atoms with E-state index in [0.717, 1.165) is 18.4 Å². The van der Waals surface area contributed by atoms with E-state index >= 15 is 0 Å². The van der Waals surface area contributed by atoms with E-state index in [9.17, 15) is 4.79 Å². The molecule has 0 aromatic heterocycles. The summed E-state index contributed by atoms with van der Waals surface area (Å²) in [5.41, 5.74) is 9.13. The zero-order chi connectivity index (χ0) is 15.2. The van der Waals surface area contributed by atoms with E-state index in [1.807, 2.05) is 6.92 Å². The number of hydrogen-bond donors (Lipinski definition) is 2. The van der Waals surface area contributed by atoms with Gasteiger partial charge in [-0.3, -0.25) is 4.79 Å². The van der Waals surface area contributed by atoms with Crippen LogP contribution in [0, 0.1) is 19.3 Å². The second-order valence-corrected chi connectivity index (χ2v) is 6.44. The van der Waals surface area contributed by atoms with Gasteiger partial charge in [0.05, 0.1) is 6.42 Å². The van der Waals surface area contributed by atoms with Crippen LogP contribution in [-0.2, 0) is 11.2 Å². The zero-order valence-electron chi connectivity index (χ0n) is 13.3. The molecule has 20 heavy (non-hydrogen) atoms. The van der Waals surface area contributed by atoms with Crippen LogP contribution in [0.4, 0.5) is 0 Å². The number of carbonyl (C=O) groups excluding carboxylic acids is 1. The molecule has 3 heteroatoms. The summed E-state index contributed by atoms with van der Waals surface area (Å²) in [6, 6.07) is 6.24. The molecule has 0 unspecified atom stereocenters. The quantitative estimate of drug-likeness (QED) is 0.804. The van der Waals surface area contributed by atoms with E-state index in [4.69, 9.17) is 5.73 Å². The van der Waals surface area contributed by atoms with Crippen molar-refractivity contribution in [2.24, 2.45) is 11.1 Å². The number of hydrogen-bond acceptors (Lipinski definition) is 2. The number of benzene rings is 1. The largest absolute Gasteiger partial charge is 0.355 e. The van der Waals surface area contributed by atoms with Crippen LogP contribution in [0.1, 0.15) is 43.4 Å². The molecule has 0 saturated carbocycles. The van der Waals surface area contributed by atoms with Crippen LogP contribution in [0.3, 0.4) is 0 Å². The summed E-state index contributed by atoms with van der Waals surface area (Å²) < 4.78 is 0. The molecule has 0 aliphatic heterocycles. The normalized spacial score (nSPS) is 11.4. The molecule has 3 N–H and O–H groups in total. The molecule has 1 rings (SSSR count). The van der Waals surface area contributed by atoms with Gasteiger partial charge in [-0.25, -0.2) is 0 Å². The summed E-state index contributed by atoms with van der Waals surface area (Å²) in [5.74, 6) is 0.0968. The smallest absolute Gasteiger partial charge is 0.224 e. The van der Waals surface area contributed by atoms with E-state index in [1.54, 1.807) is 0 Å². The molecule has 0 saturated heterocycles. The molecule has 0 atom stereocenters. The van der Waals surface area contributed by atoms with Gasteiger partial charge in [-0.15, -0.1) is 0 Å². The lowest BCUT2D eigenvalue weighted by molar-refractivity contribution is -0.120. The summed E-state index contributed by atoms with van der Waals surface area (Å²) in [6.07, 6.45) is 2.49. The maximum atomic E-state index is 12.1. The number of rotatable bonds is 7. The highest BCUT2D eigenvalue weighted by molar-refractivity contribution is 5.79. The third kappa shape index (κ3) is 5.74. The Morgan fingerprint density at radius 3 is 2.65 bits per heavy atom. The molecule has 0 fully saturated rings. The molecule has 0 radical (unpaired) electrons. The number of aryl methyl sites for hydroxylation is 2. The number of nitrogens with two attached hydrogens (primary N) is 1. The lowest BCUT2D eigenvalue weighted by Crippen LogP contribution is -2.35. The average Bonchev–Trinajstić information content (AvgIpc) is 2.39. The van der Waals surface area contributed by atoms with Crippen LogP contribution >= 0.6 is 0 Å². The van der Waals surface area contributed by atoms with Gasteiger partial charge >= 0.3 is 0 Å². The molecule has 3 nitrogen and oxygen atoms in total. The fourth-order valence-corrected chi connectivity index (χ4v) is 2.23. The third-order valence-corrected chi connectivity index (χ3v) is 3.68. The molecule has 0 bridgehead atoms. The minimum absolute atomic E-state index is 0.0968. The monoisotopic (exact) mass is 276 g/mol. The summed E-state index contributed by atoms with van der Waals surface area (Å²) in [7, 11) is 0. The molecule has 112 valence electrons. The highest BCUT2D eigenvalue weighted by atomic mass is 16.1. The lowest BCUT2D eigenvalue weighted by Gasteiger charge is -2.24. The average molecular weight is 276 g/mol. The van der Waals surface area contributed by atoms with Crippen molar-refractivity contribution < 1.29 is 4.79 Å². The number of amides is 1. The van der Waals surface area contributed by atoms with Gasteiger partial charge in [0.15, 0.2) is 0 Å². The fourth-order valence-electron chi connectivity index (χ4n) is 2.23. The van der Waals surface area contributed by atoms with E-state index in [-0.39, 0.29) is 11.3 Å². The molecule has 0 spiro atoms. The Morgan fingerprint density at radius 1 is 1.30 bits per heavy atom. The highest BCUT2D eigenvalue weighted by Gasteiger charge is 2.18. The molecule has 0 aliphatic carbocycles. The zero-order valence-corrected chi connectivity index (χ0v) is 13.3. The van der Waals surface area contributed by atoms with Crippen LogP contribution in [0.15, 0.2) is 18.2 Å². The fraction of sp³-hybridized carbons (Fsp3) is 0.588. The molecular formula is C17H28N2O. The van der Waals surface area contributed by atoms with Gasteiger partial charge in [-0.1, -0.05) is 37.6 Å². The second kappa shape index (κ2) is 7.44. The van der Waals surface area contributed by atoms with Gasteiger partial charge < -0.3 is 11.1 Å². The molecule has 0 heterocycles. The van der Waals surface area contributed by atoms with E-state index in [1.165, 1.54) is 11.1 Å². The van der Waals surface area contributed by atoms with Gasteiger partial charge in [-0.2, -0.15) is 0 Å². The maximum absolute atomic E-state index is 12.1. The van der Waals surface area contributed by atoms with Crippen LogP contribution in [0.2, 0.25) is 0 Å². The third-order valence-electron chi connectivity index (χ3n) is 3.68. The van der Waals surface area contributed by atoms with Gasteiger partial charge in [-0.05, 0) is 49.8 Å². The predicted octanol–water partition coefficient (Wildman–Crippen LogP) is 2.73. The minimum atomic E-state index is 0.0968. The van der Waals surface area contributed by atoms with Crippen molar-refractivity contribution in [3.63, 3.8) is 0 Å². The number of carbonyl (C=O) groups is 1. The Bertz CT molecular complexity index is 452. The van der Waals surface area contributed by atoms with Crippen molar-refractivity contribution in [3.8, 4) is 0 Å². The first kappa shape index (κ1) is 16.7. The van der Waals surface area contributed by atoms with E-state index in [0.29, 0.717) is 19.5 Å². The Hall–Kier alpha value is -1.35. The lowest BCUT2D eigenvalue weighted by atomic mass is 9.87. The van der Waals surface area contributed by atoms with Crippen molar-refractivity contribution >= 4 is 5.91 Å². The first-order valence-corrected chi connectivity index (χ1v) is 7.37. The highest BCUT2D eigenvalue weighted by Crippen LogP contribution is 2.20. The van der Waals surface area contributed by atoms with Crippen molar-refractivity contribution in [2.75, 3.05) is 13.1 Å². The van der Waals surface area contributed by atoms with Gasteiger partial charge in [0.2, 0.25) is 5.91 Å². The standard InChI is InChI=1S/C17H28N2O/c1-13-6-7-14(2)15(10-13)11-16(20)19-12-17(3,4)8-5-9-18/h6-7,10H,5,8-9,11-12,18H2,1-4H3,(H,19,20). The van der Waals surface area contributed by atoms with Gasteiger partial charge in [0.25, 0.3) is 0 Å². The minimum Gasteiger partial charge on any atom is -0.355 e. The van der Waals surface area contributed by atoms with Crippen molar-refractivity contribution in [2.45, 2.75) is 47.0 Å². The summed E-state index contributed by atoms with van der Waals surface area (Å²) in [5, 5.41) is 3.05. The van der Waals surface area contributed by atoms with Crippen LogP contribution in [-0.4, -0.2) is 19.0 Å². The Labute approximate surface area is 122 Å². The Balaban J connectivity index is 2.49. The van der Waals surface area contributed by atoms with Crippen molar-refractivity contribution in [1.29, 1.82) is 0 Å². The summed E-state index contributed by atoms with van der Waals surface area (Å²) in [6.45, 7) is 9.85. The SMILES string of the molecule is Cc1ccc(C)c(CC(=O)NCC(C)(C)CCCN)c1. The van der Waals surface area contributed by atoms with Crippen LogP contribution in [0.25, 0.3) is 0 Å². The summed E-state index contributed by atoms with van der Waals surface area (Å²) >= 11 is 0. The maximum Gasteiger partial charge on any atom is 0.224 e. The number of nitrogens with one attached hydrogen (secondary N) is 1. The second-order valence-electron chi connectivity index (χ2n) is 6.44. The van der Waals surface area contributed by atoms with Crippen molar-refractivity contribution in [3.05, 3.63) is 34.9 Å². The first-order valence-electron chi connectivity index (χ1n) is 7.37. The van der Waals surface area contributed by atoms with Crippen molar-refractivity contribution in [1.82, 2.24) is 5.32 Å². The molecular weight excluding hydrogens is 248 g/mol. The summed E-state index contributed by atoms with van der Waals surface area (Å²) in [4.78, 5) is 12.1. The van der Waals surface area contributed by atoms with Gasteiger partial charge in [0, 0.05) is 6.54 Å². The first-order chi connectivity index (χ1) is 9.34. The molecule has 1 aromatic carbocycles.